The monoisotopic (exact) mass is 676 g/mol. The van der Waals surface area contributed by atoms with E-state index in [4.69, 9.17) is 52.1 Å². The minimum Gasteiger partial charge on any atom is -0.463 e. The van der Waals surface area contributed by atoms with E-state index in [2.05, 4.69) is 6.58 Å². The van der Waals surface area contributed by atoms with Crippen LogP contribution in [0.25, 0.3) is 0 Å². The number of hydrogen-bond acceptors (Lipinski definition) is 18. The van der Waals surface area contributed by atoms with Gasteiger partial charge in [-0.3, -0.25) is 33.6 Å². The first kappa shape index (κ1) is 39.1. The second kappa shape index (κ2) is 18.3. The van der Waals surface area contributed by atoms with Crippen LogP contribution < -0.4 is 0 Å². The highest BCUT2D eigenvalue weighted by Crippen LogP contribution is 2.35. The summed E-state index contributed by atoms with van der Waals surface area (Å²) in [6.07, 6.45) is -13.9. The maximum absolute atomic E-state index is 12.3. The Morgan fingerprint density at radius 3 is 1.30 bits per heavy atom. The summed E-state index contributed by atoms with van der Waals surface area (Å²) in [6, 6.07) is 0. The highest BCUT2D eigenvalue weighted by atomic mass is 16.8. The molecule has 0 bridgehead atoms. The van der Waals surface area contributed by atoms with Crippen molar-refractivity contribution in [3.05, 3.63) is 12.7 Å². The Hall–Kier alpha value is -4.13. The van der Waals surface area contributed by atoms with Gasteiger partial charge in [0, 0.05) is 48.5 Å². The van der Waals surface area contributed by atoms with Gasteiger partial charge in [-0.1, -0.05) is 6.08 Å². The molecule has 2 fully saturated rings. The summed E-state index contributed by atoms with van der Waals surface area (Å²) in [4.78, 5) is 84.6. The molecule has 10 unspecified atom stereocenters. The average molecular weight is 677 g/mol. The summed E-state index contributed by atoms with van der Waals surface area (Å²) >= 11 is 0. The predicted octanol–water partition coefficient (Wildman–Crippen LogP) is -0.191. The van der Waals surface area contributed by atoms with Crippen LogP contribution in [0.3, 0.4) is 0 Å². The van der Waals surface area contributed by atoms with Crippen LogP contribution in [0.5, 0.6) is 0 Å². The first-order chi connectivity index (χ1) is 22.0. The zero-order chi connectivity index (χ0) is 35.4. The molecule has 2 aliphatic rings. The molecule has 10 atom stereocenters. The fraction of sp³-hybridized carbons (Fsp3) is 0.690. The molecule has 2 aliphatic heterocycles. The van der Waals surface area contributed by atoms with Crippen molar-refractivity contribution in [2.45, 2.75) is 110 Å². The fourth-order valence-electron chi connectivity index (χ4n) is 4.77. The Morgan fingerprint density at radius 2 is 0.872 bits per heavy atom. The van der Waals surface area contributed by atoms with Crippen molar-refractivity contribution < 1.29 is 85.7 Å². The van der Waals surface area contributed by atoms with Crippen molar-refractivity contribution in [2.24, 2.45) is 0 Å². The summed E-state index contributed by atoms with van der Waals surface area (Å²) in [6.45, 7) is 9.85. The summed E-state index contributed by atoms with van der Waals surface area (Å²) in [5, 5.41) is 0. The van der Waals surface area contributed by atoms with Gasteiger partial charge in [0.2, 0.25) is 0 Å². The molecule has 0 aromatic carbocycles. The lowest BCUT2D eigenvalue weighted by molar-refractivity contribution is -0.360. The molecule has 47 heavy (non-hydrogen) atoms. The smallest absolute Gasteiger partial charge is 0.303 e. The second-order valence-corrected chi connectivity index (χ2v) is 10.3. The Bertz CT molecular complexity index is 1170. The third-order valence-electron chi connectivity index (χ3n) is 6.26. The molecule has 0 spiro atoms. The van der Waals surface area contributed by atoms with E-state index in [1.807, 2.05) is 0 Å². The van der Waals surface area contributed by atoms with E-state index >= 15 is 0 Å². The average Bonchev–Trinajstić information content (AvgIpc) is 2.94. The second-order valence-electron chi connectivity index (χ2n) is 10.3. The van der Waals surface area contributed by atoms with Gasteiger partial charge in [0.25, 0.3) is 0 Å². The minimum absolute atomic E-state index is 0.110. The number of esters is 7. The van der Waals surface area contributed by atoms with Crippen LogP contribution in [0.15, 0.2) is 12.7 Å². The predicted molar refractivity (Wildman–Crippen MR) is 149 cm³/mol. The van der Waals surface area contributed by atoms with Crippen molar-refractivity contribution in [1.82, 2.24) is 0 Å². The number of carbonyl (C=O) groups excluding carboxylic acids is 7. The van der Waals surface area contributed by atoms with Crippen LogP contribution in [-0.4, -0.2) is 123 Å². The third kappa shape index (κ3) is 12.2. The van der Waals surface area contributed by atoms with E-state index in [0.29, 0.717) is 0 Å². The van der Waals surface area contributed by atoms with E-state index in [0.717, 1.165) is 48.5 Å². The largest absolute Gasteiger partial charge is 0.463 e. The van der Waals surface area contributed by atoms with Gasteiger partial charge in [-0.2, -0.15) is 0 Å². The van der Waals surface area contributed by atoms with Gasteiger partial charge in [0.05, 0.1) is 6.61 Å². The van der Waals surface area contributed by atoms with E-state index in [1.165, 1.54) is 6.08 Å². The lowest BCUT2D eigenvalue weighted by atomic mass is 9.96. The molecule has 264 valence electrons. The molecule has 18 nitrogen and oxygen atoms in total. The first-order valence-corrected chi connectivity index (χ1v) is 14.4. The number of carbonyl (C=O) groups is 7. The topological polar surface area (TPSA) is 221 Å². The van der Waals surface area contributed by atoms with Crippen LogP contribution in [-0.2, 0) is 85.7 Å². The number of rotatable bonds is 14. The van der Waals surface area contributed by atoms with Crippen LogP contribution >= 0.6 is 0 Å². The van der Waals surface area contributed by atoms with Crippen LogP contribution in [0, 0.1) is 0 Å². The normalized spacial score (nSPS) is 30.1. The molecule has 2 heterocycles. The highest BCUT2D eigenvalue weighted by Gasteiger charge is 2.57. The fourth-order valence-corrected chi connectivity index (χ4v) is 4.77. The quantitative estimate of drug-likeness (QED) is 0.132. The SMILES string of the molecule is C=CCOC1OC(COC(C)=O)C(OC2OC(COC(C)=O)C(OC(C)=O)C(OC(C)=O)C2OC(C)=O)C(OC(C)=O)C1OC(C)=O. The molecule has 0 aliphatic carbocycles. The van der Waals surface area contributed by atoms with Gasteiger partial charge in [0.1, 0.15) is 31.5 Å². The molecule has 0 radical (unpaired) electrons. The maximum atomic E-state index is 12.3. The molecular formula is C29H40O18. The van der Waals surface area contributed by atoms with Crippen molar-refractivity contribution >= 4 is 41.8 Å². The van der Waals surface area contributed by atoms with Crippen molar-refractivity contribution in [3.63, 3.8) is 0 Å². The van der Waals surface area contributed by atoms with E-state index in [1.54, 1.807) is 0 Å². The molecular weight excluding hydrogens is 636 g/mol. The Balaban J connectivity index is 2.72. The van der Waals surface area contributed by atoms with Crippen molar-refractivity contribution in [2.75, 3.05) is 19.8 Å². The van der Waals surface area contributed by atoms with E-state index < -0.39 is 116 Å². The van der Waals surface area contributed by atoms with Gasteiger partial charge < -0.3 is 52.1 Å². The third-order valence-corrected chi connectivity index (χ3v) is 6.26. The maximum Gasteiger partial charge on any atom is 0.303 e. The molecule has 2 rings (SSSR count). The zero-order valence-electron chi connectivity index (χ0n) is 27.0. The Kier molecular flexibility index (Phi) is 15.2. The van der Waals surface area contributed by atoms with Crippen molar-refractivity contribution in [3.8, 4) is 0 Å². The minimum atomic E-state index is -1.77. The van der Waals surface area contributed by atoms with Gasteiger partial charge in [-0.15, -0.1) is 6.58 Å². The van der Waals surface area contributed by atoms with E-state index in [-0.39, 0.29) is 6.61 Å². The zero-order valence-corrected chi connectivity index (χ0v) is 27.0. The van der Waals surface area contributed by atoms with Gasteiger partial charge >= 0.3 is 41.8 Å². The highest BCUT2D eigenvalue weighted by molar-refractivity contribution is 5.69. The number of ether oxygens (including phenoxy) is 11. The Morgan fingerprint density at radius 1 is 0.511 bits per heavy atom. The van der Waals surface area contributed by atoms with Crippen LogP contribution in [0.2, 0.25) is 0 Å². The first-order valence-electron chi connectivity index (χ1n) is 14.4. The van der Waals surface area contributed by atoms with E-state index in [9.17, 15) is 33.6 Å². The molecule has 2 saturated heterocycles. The molecule has 0 saturated carbocycles. The lowest BCUT2D eigenvalue weighted by Gasteiger charge is -2.48. The standard InChI is InChI=1S/C29H40O18/c1-9-10-37-28-26(43-18(7)35)25(42-17(6)34)23(21(45-28)12-39-14(3)31)47-29-27(44-19(8)36)24(41-16(5)33)22(40-15(4)32)20(46-29)11-38-13(2)30/h9,20-29H,1,10-12H2,2-8H3. The molecule has 0 aromatic rings. The molecule has 18 heteroatoms. The van der Waals surface area contributed by atoms with Crippen molar-refractivity contribution in [1.29, 1.82) is 0 Å². The molecule has 0 aromatic heterocycles. The van der Waals surface area contributed by atoms with Gasteiger partial charge in [0.15, 0.2) is 43.1 Å². The summed E-state index contributed by atoms with van der Waals surface area (Å²) < 4.78 is 61.3. The Labute approximate surface area is 270 Å². The van der Waals surface area contributed by atoms with Gasteiger partial charge in [-0.05, 0) is 0 Å². The number of hydrogen-bond donors (Lipinski definition) is 0. The van der Waals surface area contributed by atoms with Crippen LogP contribution in [0.4, 0.5) is 0 Å². The summed E-state index contributed by atoms with van der Waals surface area (Å²) in [5.41, 5.74) is 0. The van der Waals surface area contributed by atoms with Crippen LogP contribution in [0.1, 0.15) is 48.5 Å². The summed E-state index contributed by atoms with van der Waals surface area (Å²) in [7, 11) is 0. The lowest BCUT2D eigenvalue weighted by Crippen LogP contribution is -2.67. The summed E-state index contributed by atoms with van der Waals surface area (Å²) in [5.74, 6) is -5.81. The van der Waals surface area contributed by atoms with Gasteiger partial charge in [-0.25, -0.2) is 0 Å². The molecule has 0 amide bonds. The molecule has 0 N–H and O–H groups in total.